The van der Waals surface area contributed by atoms with Crippen LogP contribution in [0.25, 0.3) is 10.8 Å². The molecule has 0 aliphatic heterocycles. The predicted octanol–water partition coefficient (Wildman–Crippen LogP) is 2.56. The van der Waals surface area contributed by atoms with Gasteiger partial charge in [-0.05, 0) is 40.4 Å². The van der Waals surface area contributed by atoms with Gasteiger partial charge in [-0.1, -0.05) is 5.16 Å². The third-order valence-corrected chi connectivity index (χ3v) is 8.57. The van der Waals surface area contributed by atoms with E-state index in [2.05, 4.69) is 30.9 Å². The van der Waals surface area contributed by atoms with Crippen molar-refractivity contribution in [3.05, 3.63) is 71.8 Å². The number of benzene rings is 2. The van der Waals surface area contributed by atoms with Crippen molar-refractivity contribution < 1.29 is 44.1 Å². The number of carbonyl (C=O) groups excluding carboxylic acids is 4. The van der Waals surface area contributed by atoms with Crippen molar-refractivity contribution in [3.8, 4) is 17.2 Å². The van der Waals surface area contributed by atoms with Crippen LogP contribution in [-0.4, -0.2) is 63.9 Å². The summed E-state index contributed by atoms with van der Waals surface area (Å²) in [6.45, 7) is 0. The van der Waals surface area contributed by atoms with Crippen LogP contribution < -0.4 is 5.56 Å². The Morgan fingerprint density at radius 2 is 1.62 bits per heavy atom. The van der Waals surface area contributed by atoms with E-state index in [1.165, 1.54) is 19.4 Å². The molecule has 2 aromatic carbocycles. The Hall–Kier alpha value is -4.78. The van der Waals surface area contributed by atoms with Gasteiger partial charge in [-0.15, -0.1) is 0 Å². The first-order valence-corrected chi connectivity index (χ1v) is 12.5. The summed E-state index contributed by atoms with van der Waals surface area (Å²) in [5, 5.41) is 37.3. The molecule has 202 valence electrons. The predicted molar refractivity (Wildman–Crippen MR) is 141 cm³/mol. The highest BCUT2D eigenvalue weighted by Crippen LogP contribution is 2.58. The second-order valence-corrected chi connectivity index (χ2v) is 10.2. The van der Waals surface area contributed by atoms with Gasteiger partial charge in [-0.25, -0.2) is 0 Å². The van der Waals surface area contributed by atoms with Crippen molar-refractivity contribution >= 4 is 56.0 Å². The van der Waals surface area contributed by atoms with E-state index in [-0.39, 0.29) is 34.9 Å². The van der Waals surface area contributed by atoms with Gasteiger partial charge >= 0.3 is 0 Å². The number of methoxy groups -OCH3 is 1. The third kappa shape index (κ3) is 2.89. The number of Topliss-reactive ketones (excluding diaryl/α,β-unsaturated/α-hetero) is 3. The number of pyridine rings is 1. The number of phenols is 3. The Labute approximate surface area is 231 Å². The lowest BCUT2D eigenvalue weighted by molar-refractivity contribution is 0.0790. The number of ether oxygens (including phenoxy) is 1. The molecule has 0 fully saturated rings. The summed E-state index contributed by atoms with van der Waals surface area (Å²) in [5.74, 6) is -6.78. The molecule has 12 nitrogen and oxygen atoms in total. The van der Waals surface area contributed by atoms with Gasteiger partial charge in [0.25, 0.3) is 5.56 Å². The van der Waals surface area contributed by atoms with E-state index in [0.29, 0.717) is 10.0 Å². The van der Waals surface area contributed by atoms with E-state index in [1.54, 1.807) is 0 Å². The van der Waals surface area contributed by atoms with Gasteiger partial charge in [-0.2, -0.15) is 0 Å². The minimum Gasteiger partial charge on any atom is -0.507 e. The van der Waals surface area contributed by atoms with Crippen LogP contribution in [0.15, 0.2) is 32.3 Å². The molecule has 1 atom stereocenters. The zero-order valence-electron chi connectivity index (χ0n) is 20.7. The normalized spacial score (nSPS) is 19.4. The van der Waals surface area contributed by atoms with E-state index in [4.69, 9.17) is 4.74 Å². The number of aromatic nitrogens is 1. The average Bonchev–Trinajstić information content (AvgIpc) is 3.43. The summed E-state index contributed by atoms with van der Waals surface area (Å²) >= 11 is 3.45. The third-order valence-electron chi connectivity index (χ3n) is 7.66. The lowest BCUT2D eigenvalue weighted by atomic mass is 9.76. The van der Waals surface area contributed by atoms with Crippen molar-refractivity contribution in [2.45, 2.75) is 18.3 Å². The SMILES string of the molecule is CO/N=C/c1cc2c(Br)c3c(c(O)c2c(=O)[nH]1)[C@@]1(CC3)C(=O)c2c(O)c3c(c(O)c2C1=O)C(=O)C(OC)=CC3=O. The maximum Gasteiger partial charge on any atom is 0.260 e. The molecule has 40 heavy (non-hydrogen) atoms. The van der Waals surface area contributed by atoms with Crippen molar-refractivity contribution in [3.63, 3.8) is 0 Å². The van der Waals surface area contributed by atoms with E-state index in [1.807, 2.05) is 0 Å². The van der Waals surface area contributed by atoms with Crippen molar-refractivity contribution in [1.29, 1.82) is 0 Å². The molecule has 0 unspecified atom stereocenters. The van der Waals surface area contributed by atoms with Crippen LogP contribution in [-0.2, 0) is 21.4 Å². The molecular weight excluding hydrogens is 592 g/mol. The lowest BCUT2D eigenvalue weighted by Gasteiger charge is -2.23. The van der Waals surface area contributed by atoms with Gasteiger partial charge in [0.2, 0.25) is 5.78 Å². The van der Waals surface area contributed by atoms with Gasteiger partial charge in [0.05, 0.1) is 46.7 Å². The topological polar surface area (TPSA) is 193 Å². The number of phenolic OH excluding ortho intramolecular Hbond substituents is 3. The second-order valence-electron chi connectivity index (χ2n) is 9.44. The first kappa shape index (κ1) is 25.5. The van der Waals surface area contributed by atoms with Gasteiger partial charge in [-0.3, -0.25) is 24.0 Å². The molecule has 1 heterocycles. The summed E-state index contributed by atoms with van der Waals surface area (Å²) in [4.78, 5) is 74.0. The number of ketones is 4. The summed E-state index contributed by atoms with van der Waals surface area (Å²) in [7, 11) is 2.45. The Morgan fingerprint density at radius 1 is 0.975 bits per heavy atom. The Bertz CT molecular complexity index is 1920. The molecule has 1 spiro atoms. The lowest BCUT2D eigenvalue weighted by Crippen LogP contribution is -2.36. The number of nitrogens with one attached hydrogen (secondary N) is 1. The van der Waals surface area contributed by atoms with Gasteiger partial charge in [0.15, 0.2) is 23.1 Å². The van der Waals surface area contributed by atoms with Crippen LogP contribution in [0, 0.1) is 0 Å². The second kappa shape index (κ2) is 8.36. The van der Waals surface area contributed by atoms with E-state index >= 15 is 0 Å². The molecule has 0 bridgehead atoms. The monoisotopic (exact) mass is 608 g/mol. The van der Waals surface area contributed by atoms with Crippen LogP contribution in [0.1, 0.15) is 64.7 Å². The van der Waals surface area contributed by atoms with Crippen LogP contribution >= 0.6 is 15.9 Å². The van der Waals surface area contributed by atoms with Gasteiger partial charge in [0, 0.05) is 21.5 Å². The molecule has 0 radical (unpaired) electrons. The molecule has 0 saturated carbocycles. The number of rotatable bonds is 3. The number of H-pyrrole nitrogens is 1. The zero-order chi connectivity index (χ0) is 28.8. The summed E-state index contributed by atoms with van der Waals surface area (Å²) < 4.78 is 5.25. The van der Waals surface area contributed by atoms with Crippen molar-refractivity contribution in [1.82, 2.24) is 4.98 Å². The Balaban J connectivity index is 1.64. The Kier molecular flexibility index (Phi) is 5.33. The minimum absolute atomic E-state index is 0.0909. The highest BCUT2D eigenvalue weighted by Gasteiger charge is 2.62. The van der Waals surface area contributed by atoms with E-state index in [0.717, 1.165) is 13.2 Å². The molecule has 3 aliphatic rings. The molecule has 3 aliphatic carbocycles. The number of oxime groups is 1. The van der Waals surface area contributed by atoms with E-state index < -0.39 is 79.4 Å². The first-order chi connectivity index (χ1) is 19.0. The molecule has 13 heteroatoms. The number of hydrogen-bond acceptors (Lipinski definition) is 11. The fourth-order valence-electron chi connectivity index (χ4n) is 5.98. The number of hydrogen-bond donors (Lipinski definition) is 4. The highest BCUT2D eigenvalue weighted by atomic mass is 79.9. The number of aromatic hydroxyl groups is 3. The zero-order valence-corrected chi connectivity index (χ0v) is 22.3. The maximum atomic E-state index is 14.1. The number of nitrogens with zero attached hydrogens (tertiary/aromatic N) is 1. The number of fused-ring (bicyclic) bond motifs is 5. The van der Waals surface area contributed by atoms with E-state index in [9.17, 15) is 39.3 Å². The molecule has 6 rings (SSSR count). The number of halogens is 1. The molecule has 1 aromatic heterocycles. The molecule has 3 aromatic rings. The molecule has 0 amide bonds. The van der Waals surface area contributed by atoms with Crippen molar-refractivity contribution in [2.75, 3.05) is 14.2 Å². The fraction of sp³-hybridized carbons (Fsp3) is 0.185. The average molecular weight is 609 g/mol. The highest BCUT2D eigenvalue weighted by molar-refractivity contribution is 9.10. The number of allylic oxidation sites excluding steroid dienone is 2. The fourth-order valence-corrected chi connectivity index (χ4v) is 6.69. The van der Waals surface area contributed by atoms with Crippen molar-refractivity contribution in [2.24, 2.45) is 5.16 Å². The van der Waals surface area contributed by atoms with Crippen LogP contribution in [0.5, 0.6) is 17.2 Å². The van der Waals surface area contributed by atoms with Crippen LogP contribution in [0.2, 0.25) is 0 Å². The molecular formula is C27H17BrN2O10. The standard InChI is InChI=1S/C27H17BrN2O10/c1-39-12-6-11(31)14-15(20(12)32)22(34)17-16(21(14)33)24(36)27(25(17)37)4-3-9-18(27)23(35)13-10(19(9)28)5-8(7-29-40-2)30-26(13)38/h5-7,33-35H,3-4H2,1-2H3,(H,30,38)/b29-7+/t27-/m0/s1. The van der Waals surface area contributed by atoms with Gasteiger partial charge in [0.1, 0.15) is 29.8 Å². The van der Waals surface area contributed by atoms with Crippen LogP contribution in [0.3, 0.4) is 0 Å². The van der Waals surface area contributed by atoms with Crippen LogP contribution in [0.4, 0.5) is 0 Å². The Morgan fingerprint density at radius 3 is 2.25 bits per heavy atom. The maximum absolute atomic E-state index is 14.1. The number of carbonyl (C=O) groups is 4. The number of aromatic amines is 1. The van der Waals surface area contributed by atoms with Gasteiger partial charge < -0.3 is 29.9 Å². The quantitative estimate of drug-likeness (QED) is 0.148. The molecule has 0 saturated heterocycles. The first-order valence-electron chi connectivity index (χ1n) is 11.7. The smallest absolute Gasteiger partial charge is 0.260 e. The molecule has 4 N–H and O–H groups in total. The summed E-state index contributed by atoms with van der Waals surface area (Å²) in [6, 6.07) is 1.52. The summed E-state index contributed by atoms with van der Waals surface area (Å²) in [6.07, 6.45) is 1.97. The minimum atomic E-state index is -2.14. The largest absolute Gasteiger partial charge is 0.507 e. The summed E-state index contributed by atoms with van der Waals surface area (Å²) in [5.41, 5.74) is -5.01.